The number of aliphatic hydroxyl groups is 1. The minimum atomic E-state index is -1.66. The number of carboxylic acids is 1. The average Bonchev–Trinajstić information content (AvgIpc) is 2.32. The number of carbonyl (C=O) groups is 3. The van der Waals surface area contributed by atoms with E-state index in [9.17, 15) is 14.4 Å². The lowest BCUT2D eigenvalue weighted by atomic mass is 9.98. The monoisotopic (exact) mass is 273 g/mol. The van der Waals surface area contributed by atoms with Gasteiger partial charge in [-0.15, -0.1) is 0 Å². The fourth-order valence-electron chi connectivity index (χ4n) is 1.94. The molecular weight excluding hydrogens is 254 g/mol. The number of aliphatic hydroxyl groups excluding tert-OH is 1. The van der Waals surface area contributed by atoms with Crippen LogP contribution in [0.3, 0.4) is 0 Å². The Morgan fingerprint density at radius 3 is 2.53 bits per heavy atom. The number of nitrogens with zero attached hydrogens (tertiary/aromatic N) is 2. The molecule has 0 aliphatic carbocycles. The Morgan fingerprint density at radius 1 is 1.42 bits per heavy atom. The molecular formula is C11H19N3O5. The van der Waals surface area contributed by atoms with Crippen LogP contribution in [0.4, 0.5) is 4.79 Å². The Balaban J connectivity index is 2.67. The van der Waals surface area contributed by atoms with Crippen molar-refractivity contribution in [3.05, 3.63) is 0 Å². The Kier molecular flexibility index (Phi) is 4.35. The molecule has 8 nitrogen and oxygen atoms in total. The van der Waals surface area contributed by atoms with E-state index < -0.39 is 30.2 Å². The van der Waals surface area contributed by atoms with Crippen LogP contribution < -0.4 is 5.32 Å². The first-order chi connectivity index (χ1) is 8.67. The smallest absolute Gasteiger partial charge is 0.334 e. The van der Waals surface area contributed by atoms with Gasteiger partial charge in [0.05, 0.1) is 6.54 Å². The van der Waals surface area contributed by atoms with Crippen molar-refractivity contribution >= 4 is 17.9 Å². The molecule has 1 rings (SSSR count). The largest absolute Gasteiger partial charge is 0.479 e. The second-order valence-electron chi connectivity index (χ2n) is 4.98. The van der Waals surface area contributed by atoms with Gasteiger partial charge in [0.1, 0.15) is 5.54 Å². The van der Waals surface area contributed by atoms with Crippen LogP contribution in [-0.2, 0) is 9.59 Å². The van der Waals surface area contributed by atoms with E-state index in [1.807, 2.05) is 0 Å². The second-order valence-corrected chi connectivity index (χ2v) is 4.98. The third-order valence-electron chi connectivity index (χ3n) is 3.18. The predicted octanol–water partition coefficient (Wildman–Crippen LogP) is -1.31. The number of aliphatic carboxylic acids is 1. The van der Waals surface area contributed by atoms with E-state index in [0.717, 1.165) is 0 Å². The van der Waals surface area contributed by atoms with Gasteiger partial charge in [0.2, 0.25) is 5.91 Å². The minimum absolute atomic E-state index is 0.187. The van der Waals surface area contributed by atoms with Gasteiger partial charge < -0.3 is 25.3 Å². The predicted molar refractivity (Wildman–Crippen MR) is 65.5 cm³/mol. The summed E-state index contributed by atoms with van der Waals surface area (Å²) in [5.74, 6) is -1.60. The maximum absolute atomic E-state index is 12.0. The van der Waals surface area contributed by atoms with Gasteiger partial charge in [0, 0.05) is 20.1 Å². The Bertz CT molecular complexity index is 396. The van der Waals surface area contributed by atoms with Gasteiger partial charge in [0.25, 0.3) is 0 Å². The second kappa shape index (κ2) is 5.43. The molecule has 0 aromatic rings. The number of urea groups is 1. The number of hydrogen-bond donors (Lipinski definition) is 3. The van der Waals surface area contributed by atoms with E-state index in [2.05, 4.69) is 5.32 Å². The lowest BCUT2D eigenvalue weighted by molar-refractivity contribution is -0.147. The zero-order valence-electron chi connectivity index (χ0n) is 11.2. The van der Waals surface area contributed by atoms with Gasteiger partial charge in [-0.05, 0) is 13.8 Å². The highest BCUT2D eigenvalue weighted by Gasteiger charge is 2.43. The molecule has 0 spiro atoms. The standard InChI is InChI=1S/C11H19N3O5/c1-11(2)9(18)13(3)4-5-14(11)10(19)12-6-7(15)8(16)17/h7,15H,4-6H2,1-3H3,(H,12,19)(H,16,17)/t7-/m0/s1. The highest BCUT2D eigenvalue weighted by molar-refractivity contribution is 5.91. The summed E-state index contributed by atoms with van der Waals surface area (Å²) in [7, 11) is 1.66. The number of nitrogens with one attached hydrogen (secondary N) is 1. The van der Waals surface area contributed by atoms with Gasteiger partial charge in [0.15, 0.2) is 6.10 Å². The van der Waals surface area contributed by atoms with Crippen molar-refractivity contribution in [2.24, 2.45) is 0 Å². The quantitative estimate of drug-likeness (QED) is 0.591. The van der Waals surface area contributed by atoms with Crippen LogP contribution in [0.2, 0.25) is 0 Å². The molecule has 1 aliphatic heterocycles. The fraction of sp³-hybridized carbons (Fsp3) is 0.727. The van der Waals surface area contributed by atoms with Gasteiger partial charge in [-0.1, -0.05) is 0 Å². The number of amides is 3. The van der Waals surface area contributed by atoms with Crippen LogP contribution >= 0.6 is 0 Å². The Labute approximate surface area is 111 Å². The van der Waals surface area contributed by atoms with Gasteiger partial charge in [-0.3, -0.25) is 4.79 Å². The Hall–Kier alpha value is -1.83. The maximum atomic E-state index is 12.0. The number of carbonyl (C=O) groups excluding carboxylic acids is 2. The first-order valence-electron chi connectivity index (χ1n) is 5.90. The lowest BCUT2D eigenvalue weighted by Crippen LogP contribution is -2.65. The zero-order valence-corrected chi connectivity index (χ0v) is 11.2. The molecule has 0 unspecified atom stereocenters. The third-order valence-corrected chi connectivity index (χ3v) is 3.18. The SMILES string of the molecule is CN1CCN(C(=O)NC[C@H](O)C(=O)O)C(C)(C)C1=O. The minimum Gasteiger partial charge on any atom is -0.479 e. The summed E-state index contributed by atoms with van der Waals surface area (Å²) < 4.78 is 0. The van der Waals surface area contributed by atoms with Gasteiger partial charge >= 0.3 is 12.0 Å². The number of hydrogen-bond acceptors (Lipinski definition) is 4. The molecule has 0 aromatic carbocycles. The van der Waals surface area contributed by atoms with E-state index in [4.69, 9.17) is 10.2 Å². The van der Waals surface area contributed by atoms with Crippen LogP contribution in [-0.4, -0.2) is 76.2 Å². The molecule has 108 valence electrons. The summed E-state index contributed by atoms with van der Waals surface area (Å²) >= 11 is 0. The molecule has 1 aliphatic rings. The molecule has 3 N–H and O–H groups in total. The summed E-state index contributed by atoms with van der Waals surface area (Å²) in [5.41, 5.74) is -0.995. The van der Waals surface area contributed by atoms with Crippen molar-refractivity contribution in [2.45, 2.75) is 25.5 Å². The highest BCUT2D eigenvalue weighted by Crippen LogP contribution is 2.21. The first kappa shape index (κ1) is 15.2. The van der Waals surface area contributed by atoms with Crippen LogP contribution in [0, 0.1) is 0 Å². The number of likely N-dealkylation sites (N-methyl/N-ethyl adjacent to an activating group) is 1. The topological polar surface area (TPSA) is 110 Å². The summed E-state index contributed by atoms with van der Waals surface area (Å²) in [5, 5.41) is 19.9. The molecule has 1 fully saturated rings. The lowest BCUT2D eigenvalue weighted by Gasteiger charge is -2.44. The molecule has 3 amide bonds. The van der Waals surface area contributed by atoms with Gasteiger partial charge in [-0.25, -0.2) is 9.59 Å². The van der Waals surface area contributed by atoms with E-state index in [0.29, 0.717) is 13.1 Å². The van der Waals surface area contributed by atoms with E-state index in [1.54, 1.807) is 20.9 Å². The van der Waals surface area contributed by atoms with E-state index >= 15 is 0 Å². The van der Waals surface area contributed by atoms with Crippen molar-refractivity contribution in [1.82, 2.24) is 15.1 Å². The first-order valence-corrected chi connectivity index (χ1v) is 5.90. The summed E-state index contributed by atoms with van der Waals surface area (Å²) in [4.78, 5) is 37.2. The molecule has 1 saturated heterocycles. The fourth-order valence-corrected chi connectivity index (χ4v) is 1.94. The van der Waals surface area contributed by atoms with Crippen molar-refractivity contribution < 1.29 is 24.6 Å². The molecule has 0 bridgehead atoms. The van der Waals surface area contributed by atoms with Crippen LogP contribution in [0.5, 0.6) is 0 Å². The summed E-state index contributed by atoms with van der Waals surface area (Å²) in [6.45, 7) is 3.61. The Morgan fingerprint density at radius 2 is 2.00 bits per heavy atom. The van der Waals surface area contributed by atoms with Crippen molar-refractivity contribution in [3.63, 3.8) is 0 Å². The van der Waals surface area contributed by atoms with Crippen molar-refractivity contribution in [2.75, 3.05) is 26.7 Å². The van der Waals surface area contributed by atoms with E-state index in [-0.39, 0.29) is 5.91 Å². The number of carboxylic acid groups (broad SMARTS) is 1. The van der Waals surface area contributed by atoms with Crippen LogP contribution in [0.1, 0.15) is 13.8 Å². The van der Waals surface area contributed by atoms with Gasteiger partial charge in [-0.2, -0.15) is 0 Å². The average molecular weight is 273 g/mol. The number of rotatable bonds is 3. The molecule has 1 heterocycles. The van der Waals surface area contributed by atoms with Crippen LogP contribution in [0.15, 0.2) is 0 Å². The molecule has 19 heavy (non-hydrogen) atoms. The highest BCUT2D eigenvalue weighted by atomic mass is 16.4. The van der Waals surface area contributed by atoms with Crippen LogP contribution in [0.25, 0.3) is 0 Å². The summed E-state index contributed by atoms with van der Waals surface area (Å²) in [6, 6.07) is -0.563. The molecule has 1 atom stereocenters. The molecule has 8 heteroatoms. The van der Waals surface area contributed by atoms with E-state index in [1.165, 1.54) is 9.80 Å². The molecule has 0 radical (unpaired) electrons. The molecule has 0 aromatic heterocycles. The van der Waals surface area contributed by atoms with Crippen molar-refractivity contribution in [1.29, 1.82) is 0 Å². The number of piperazine rings is 1. The molecule has 0 saturated carbocycles. The maximum Gasteiger partial charge on any atom is 0.334 e. The van der Waals surface area contributed by atoms with Crippen molar-refractivity contribution in [3.8, 4) is 0 Å². The zero-order chi connectivity index (χ0) is 14.8. The summed E-state index contributed by atoms with van der Waals surface area (Å²) in [6.07, 6.45) is -1.66. The normalized spacial score (nSPS) is 20.1. The third kappa shape index (κ3) is 3.14.